The molecular weight excluding hydrogens is 424 g/mol. The fourth-order valence-corrected chi connectivity index (χ4v) is 5.39. The standard InChI is InChI=1S/C25H28N2O4S/c1-2-31-24(30)25-12-6-11-21(25)27(17-18-8-4-3-5-9-18)23(29)19(15-25)14-22(28)26-16-20-10-7-13-32-20/h3-5,7-11,13,19H,2,6,12,14-17H2,1H3,(H,26,28)/t19-,25+/m1/s1. The van der Waals surface area contributed by atoms with Gasteiger partial charge >= 0.3 is 5.97 Å². The molecule has 0 spiro atoms. The topological polar surface area (TPSA) is 75.7 Å². The minimum Gasteiger partial charge on any atom is -0.465 e. The zero-order chi connectivity index (χ0) is 22.6. The molecule has 1 N–H and O–H groups in total. The molecule has 2 amide bonds. The normalized spacial score (nSPS) is 22.3. The van der Waals surface area contributed by atoms with E-state index in [0.29, 0.717) is 32.4 Å². The van der Waals surface area contributed by atoms with Gasteiger partial charge in [-0.25, -0.2) is 0 Å². The van der Waals surface area contributed by atoms with Crippen LogP contribution in [-0.4, -0.2) is 29.3 Å². The Hall–Kier alpha value is -2.93. The third-order valence-electron chi connectivity index (χ3n) is 6.22. The van der Waals surface area contributed by atoms with Gasteiger partial charge < -0.3 is 15.0 Å². The van der Waals surface area contributed by atoms with Crippen LogP contribution < -0.4 is 5.32 Å². The lowest BCUT2D eigenvalue weighted by molar-refractivity contribution is -0.161. The van der Waals surface area contributed by atoms with Crippen molar-refractivity contribution in [1.82, 2.24) is 10.2 Å². The summed E-state index contributed by atoms with van der Waals surface area (Å²) in [6, 6.07) is 13.6. The number of amides is 2. The number of hydrogen-bond acceptors (Lipinski definition) is 5. The summed E-state index contributed by atoms with van der Waals surface area (Å²) >= 11 is 1.58. The van der Waals surface area contributed by atoms with Crippen molar-refractivity contribution in [2.45, 2.75) is 45.7 Å². The predicted octanol–water partition coefficient (Wildman–Crippen LogP) is 4.03. The van der Waals surface area contributed by atoms with Gasteiger partial charge in [0.25, 0.3) is 0 Å². The highest BCUT2D eigenvalue weighted by Gasteiger charge is 2.55. The Morgan fingerprint density at radius 2 is 2.03 bits per heavy atom. The average molecular weight is 453 g/mol. The molecule has 6 nitrogen and oxygen atoms in total. The average Bonchev–Trinajstić information content (AvgIpc) is 3.46. The number of rotatable bonds is 8. The van der Waals surface area contributed by atoms with Crippen molar-refractivity contribution in [3.8, 4) is 0 Å². The van der Waals surface area contributed by atoms with Gasteiger partial charge in [0, 0.05) is 22.9 Å². The van der Waals surface area contributed by atoms with Crippen LogP contribution in [-0.2, 0) is 32.2 Å². The van der Waals surface area contributed by atoms with Crippen LogP contribution in [0.25, 0.3) is 0 Å². The van der Waals surface area contributed by atoms with E-state index in [-0.39, 0.29) is 30.8 Å². The van der Waals surface area contributed by atoms with Gasteiger partial charge in [-0.05, 0) is 43.2 Å². The molecule has 1 aromatic heterocycles. The van der Waals surface area contributed by atoms with E-state index in [0.717, 1.165) is 16.1 Å². The van der Waals surface area contributed by atoms with E-state index in [1.165, 1.54) is 0 Å². The molecule has 2 aliphatic rings. The van der Waals surface area contributed by atoms with Crippen LogP contribution in [0.15, 0.2) is 59.6 Å². The molecule has 0 bridgehead atoms. The van der Waals surface area contributed by atoms with Crippen molar-refractivity contribution >= 4 is 29.1 Å². The molecule has 1 aliphatic heterocycles. The van der Waals surface area contributed by atoms with E-state index < -0.39 is 11.3 Å². The van der Waals surface area contributed by atoms with E-state index in [9.17, 15) is 14.4 Å². The first-order valence-electron chi connectivity index (χ1n) is 11.1. The van der Waals surface area contributed by atoms with Crippen molar-refractivity contribution in [3.05, 3.63) is 70.1 Å². The van der Waals surface area contributed by atoms with E-state index in [4.69, 9.17) is 4.74 Å². The number of carbonyl (C=O) groups is 3. The number of esters is 1. The first kappa shape index (κ1) is 22.3. The number of benzene rings is 1. The Morgan fingerprint density at radius 1 is 1.22 bits per heavy atom. The van der Waals surface area contributed by atoms with Crippen molar-refractivity contribution in [2.75, 3.05) is 6.61 Å². The highest BCUT2D eigenvalue weighted by Crippen LogP contribution is 2.51. The van der Waals surface area contributed by atoms with Crippen molar-refractivity contribution in [2.24, 2.45) is 11.3 Å². The Labute approximate surface area is 192 Å². The number of piperidine rings is 1. The van der Waals surface area contributed by atoms with Gasteiger partial charge in [-0.15, -0.1) is 11.3 Å². The Morgan fingerprint density at radius 3 is 2.75 bits per heavy atom. The maximum absolute atomic E-state index is 13.5. The molecule has 168 valence electrons. The molecule has 2 heterocycles. The second-order valence-corrected chi connectivity index (χ2v) is 9.33. The van der Waals surface area contributed by atoms with E-state index in [1.807, 2.05) is 53.9 Å². The number of allylic oxidation sites excluding steroid dienone is 1. The Balaban J connectivity index is 1.57. The molecule has 4 rings (SSSR count). The molecular formula is C25H28N2O4S. The summed E-state index contributed by atoms with van der Waals surface area (Å²) < 4.78 is 5.45. The molecule has 0 radical (unpaired) electrons. The van der Waals surface area contributed by atoms with Crippen molar-refractivity contribution < 1.29 is 19.1 Å². The monoisotopic (exact) mass is 452 g/mol. The number of hydrogen-bond donors (Lipinski definition) is 1. The summed E-state index contributed by atoms with van der Waals surface area (Å²) in [5.41, 5.74) is 0.853. The number of carbonyl (C=O) groups excluding carboxylic acids is 3. The second kappa shape index (κ2) is 9.69. The Bertz CT molecular complexity index is 1000. The zero-order valence-corrected chi connectivity index (χ0v) is 19.0. The van der Waals surface area contributed by atoms with Crippen LogP contribution in [0.2, 0.25) is 0 Å². The molecule has 32 heavy (non-hydrogen) atoms. The van der Waals surface area contributed by atoms with Gasteiger partial charge in [0.15, 0.2) is 0 Å². The maximum atomic E-state index is 13.5. The molecule has 0 saturated carbocycles. The molecule has 1 fully saturated rings. The van der Waals surface area contributed by atoms with E-state index in [2.05, 4.69) is 5.32 Å². The zero-order valence-electron chi connectivity index (χ0n) is 18.2. The van der Waals surface area contributed by atoms with Crippen molar-refractivity contribution in [3.63, 3.8) is 0 Å². The van der Waals surface area contributed by atoms with Gasteiger partial charge in [-0.1, -0.05) is 42.5 Å². The summed E-state index contributed by atoms with van der Waals surface area (Å²) in [7, 11) is 0. The highest BCUT2D eigenvalue weighted by molar-refractivity contribution is 7.09. The fourth-order valence-electron chi connectivity index (χ4n) is 4.74. The summed E-state index contributed by atoms with van der Waals surface area (Å²) in [6.45, 7) is 2.89. The van der Waals surface area contributed by atoms with Crippen LogP contribution in [0.4, 0.5) is 0 Å². The van der Waals surface area contributed by atoms with Crippen molar-refractivity contribution in [1.29, 1.82) is 0 Å². The molecule has 0 unspecified atom stereocenters. The quantitative estimate of drug-likeness (QED) is 0.614. The van der Waals surface area contributed by atoms with Gasteiger partial charge in [-0.2, -0.15) is 0 Å². The SMILES string of the molecule is CCOC(=O)[C@]12CCC=C1N(Cc1ccccc1)C(=O)[C@H](CC(=O)NCc1cccs1)C2. The van der Waals surface area contributed by atoms with Crippen LogP contribution in [0.3, 0.4) is 0 Å². The number of nitrogens with zero attached hydrogens (tertiary/aromatic N) is 1. The Kier molecular flexibility index (Phi) is 6.74. The summed E-state index contributed by atoms with van der Waals surface area (Å²) in [6.07, 6.45) is 3.68. The van der Waals surface area contributed by atoms with Crippen LogP contribution in [0.5, 0.6) is 0 Å². The van der Waals surface area contributed by atoms with Crippen LogP contribution >= 0.6 is 11.3 Å². The first-order valence-corrected chi connectivity index (χ1v) is 11.9. The predicted molar refractivity (Wildman–Crippen MR) is 122 cm³/mol. The maximum Gasteiger partial charge on any atom is 0.318 e. The summed E-state index contributed by atoms with van der Waals surface area (Å²) in [4.78, 5) is 42.1. The number of fused-ring (bicyclic) bond motifs is 1. The highest BCUT2D eigenvalue weighted by atomic mass is 32.1. The molecule has 1 saturated heterocycles. The smallest absolute Gasteiger partial charge is 0.318 e. The molecule has 2 atom stereocenters. The number of ether oxygens (including phenoxy) is 1. The van der Waals surface area contributed by atoms with Gasteiger partial charge in [0.2, 0.25) is 11.8 Å². The third kappa shape index (κ3) is 4.48. The molecule has 7 heteroatoms. The van der Waals surface area contributed by atoms with Gasteiger partial charge in [0.1, 0.15) is 5.41 Å². The first-order chi connectivity index (χ1) is 15.5. The van der Waals surface area contributed by atoms with Crippen LogP contribution in [0.1, 0.15) is 43.0 Å². The lowest BCUT2D eigenvalue weighted by Crippen LogP contribution is -2.52. The number of thiophene rings is 1. The lowest BCUT2D eigenvalue weighted by atomic mass is 9.71. The second-order valence-electron chi connectivity index (χ2n) is 8.30. The molecule has 1 aliphatic carbocycles. The number of likely N-dealkylation sites (tertiary alicyclic amines) is 1. The van der Waals surface area contributed by atoms with E-state index >= 15 is 0 Å². The largest absolute Gasteiger partial charge is 0.465 e. The minimum absolute atomic E-state index is 0.0595. The number of nitrogens with one attached hydrogen (secondary N) is 1. The van der Waals surface area contributed by atoms with Gasteiger partial charge in [-0.3, -0.25) is 14.4 Å². The summed E-state index contributed by atoms with van der Waals surface area (Å²) in [5.74, 6) is -1.14. The molecule has 2 aromatic rings. The lowest BCUT2D eigenvalue weighted by Gasteiger charge is -2.44. The van der Waals surface area contributed by atoms with E-state index in [1.54, 1.807) is 23.2 Å². The minimum atomic E-state index is -0.864. The summed E-state index contributed by atoms with van der Waals surface area (Å²) in [5, 5.41) is 4.88. The third-order valence-corrected chi connectivity index (χ3v) is 7.10. The molecule has 1 aromatic carbocycles. The van der Waals surface area contributed by atoms with Gasteiger partial charge in [0.05, 0.1) is 19.7 Å². The van der Waals surface area contributed by atoms with Crippen LogP contribution in [0, 0.1) is 11.3 Å². The fraction of sp³-hybridized carbons (Fsp3) is 0.400.